The third kappa shape index (κ3) is 2.15. The van der Waals surface area contributed by atoms with Gasteiger partial charge in [-0.15, -0.1) is 11.3 Å². The Bertz CT molecular complexity index is 550. The van der Waals surface area contributed by atoms with Crippen molar-refractivity contribution < 1.29 is 13.6 Å². The fourth-order valence-corrected chi connectivity index (χ4v) is 2.14. The molecule has 1 aromatic carbocycles. The van der Waals surface area contributed by atoms with E-state index in [1.54, 1.807) is 0 Å². The number of nitrogens with zero attached hydrogens (tertiary/aromatic N) is 1. The molecule has 17 heavy (non-hydrogen) atoms. The van der Waals surface area contributed by atoms with Gasteiger partial charge >= 0.3 is 0 Å². The summed E-state index contributed by atoms with van der Waals surface area (Å²) in [6.45, 7) is 0. The van der Waals surface area contributed by atoms with Crippen LogP contribution in [0.1, 0.15) is 9.67 Å². The highest BCUT2D eigenvalue weighted by molar-refractivity contribution is 7.16. The maximum absolute atomic E-state index is 13.4. The van der Waals surface area contributed by atoms with Gasteiger partial charge in [0.2, 0.25) is 0 Å². The first-order valence-electron chi connectivity index (χ1n) is 4.54. The molecule has 0 atom stereocenters. The standard InChI is InChI=1S/C10H7F2N3OS/c11-5-2-1-3-6(12)8(5)10-14-4-7(17-10)9(16)15-13/h1-4H,13H2,(H,15,16). The highest BCUT2D eigenvalue weighted by atomic mass is 32.1. The van der Waals surface area contributed by atoms with Crippen molar-refractivity contribution in [2.45, 2.75) is 0 Å². The van der Waals surface area contributed by atoms with Crippen molar-refractivity contribution in [3.05, 3.63) is 40.9 Å². The maximum Gasteiger partial charge on any atom is 0.276 e. The summed E-state index contributed by atoms with van der Waals surface area (Å²) in [5.74, 6) is 2.95. The molecule has 0 saturated carbocycles. The van der Waals surface area contributed by atoms with Gasteiger partial charge in [0.15, 0.2) is 0 Å². The summed E-state index contributed by atoms with van der Waals surface area (Å²) in [5, 5.41) is 0.0965. The van der Waals surface area contributed by atoms with E-state index < -0.39 is 17.5 Å². The lowest BCUT2D eigenvalue weighted by Gasteiger charge is -1.99. The van der Waals surface area contributed by atoms with E-state index in [4.69, 9.17) is 5.84 Å². The third-order valence-electron chi connectivity index (χ3n) is 2.04. The van der Waals surface area contributed by atoms with Crippen LogP contribution in [0, 0.1) is 11.6 Å². The minimum absolute atomic E-state index is 0.0965. The number of rotatable bonds is 2. The molecular formula is C10H7F2N3OS. The van der Waals surface area contributed by atoms with Crippen molar-refractivity contribution in [1.82, 2.24) is 10.4 Å². The Morgan fingerprint density at radius 2 is 2.00 bits per heavy atom. The zero-order valence-electron chi connectivity index (χ0n) is 8.41. The Balaban J connectivity index is 2.47. The first kappa shape index (κ1) is 11.6. The number of benzene rings is 1. The normalized spacial score (nSPS) is 10.3. The molecule has 0 unspecified atom stereocenters. The lowest BCUT2D eigenvalue weighted by Crippen LogP contribution is -2.29. The summed E-state index contributed by atoms with van der Waals surface area (Å²) in [6, 6.07) is 3.51. The molecule has 1 heterocycles. The van der Waals surface area contributed by atoms with E-state index in [0.29, 0.717) is 0 Å². The predicted molar refractivity (Wildman–Crippen MR) is 59.1 cm³/mol. The van der Waals surface area contributed by atoms with Gasteiger partial charge in [0.1, 0.15) is 21.5 Å². The second-order valence-corrected chi connectivity index (χ2v) is 4.13. The SMILES string of the molecule is NNC(=O)c1cnc(-c2c(F)cccc2F)s1. The number of hydrogen-bond donors (Lipinski definition) is 2. The third-order valence-corrected chi connectivity index (χ3v) is 3.05. The van der Waals surface area contributed by atoms with Crippen molar-refractivity contribution in [1.29, 1.82) is 0 Å². The Labute approximate surface area is 99.1 Å². The van der Waals surface area contributed by atoms with Crippen LogP contribution in [0.2, 0.25) is 0 Å². The van der Waals surface area contributed by atoms with Gasteiger partial charge in [-0.25, -0.2) is 19.6 Å². The van der Waals surface area contributed by atoms with Crippen molar-refractivity contribution in [2.75, 3.05) is 0 Å². The largest absolute Gasteiger partial charge is 0.289 e. The predicted octanol–water partition coefficient (Wildman–Crippen LogP) is 1.69. The van der Waals surface area contributed by atoms with E-state index >= 15 is 0 Å². The summed E-state index contributed by atoms with van der Waals surface area (Å²) in [4.78, 5) is 15.2. The van der Waals surface area contributed by atoms with Gasteiger partial charge in [-0.3, -0.25) is 10.2 Å². The van der Waals surface area contributed by atoms with E-state index in [0.717, 1.165) is 23.5 Å². The number of hydrazine groups is 1. The minimum Gasteiger partial charge on any atom is -0.289 e. The van der Waals surface area contributed by atoms with Gasteiger partial charge in [-0.05, 0) is 12.1 Å². The van der Waals surface area contributed by atoms with Gasteiger partial charge in [-0.2, -0.15) is 0 Å². The zero-order chi connectivity index (χ0) is 12.4. The van der Waals surface area contributed by atoms with E-state index in [2.05, 4.69) is 4.98 Å². The lowest BCUT2D eigenvalue weighted by molar-refractivity contribution is 0.0957. The summed E-state index contributed by atoms with van der Waals surface area (Å²) < 4.78 is 26.9. The number of nitrogens with two attached hydrogens (primary N) is 1. The number of carbonyl (C=O) groups excluding carboxylic acids is 1. The van der Waals surface area contributed by atoms with Gasteiger partial charge in [0.05, 0.1) is 11.8 Å². The van der Waals surface area contributed by atoms with Crippen molar-refractivity contribution in [3.63, 3.8) is 0 Å². The first-order chi connectivity index (χ1) is 8.13. The quantitative estimate of drug-likeness (QED) is 0.487. The zero-order valence-corrected chi connectivity index (χ0v) is 9.22. The van der Waals surface area contributed by atoms with Crippen LogP contribution in [0.25, 0.3) is 10.6 Å². The lowest BCUT2D eigenvalue weighted by atomic mass is 10.2. The molecule has 0 spiro atoms. The molecule has 1 amide bonds. The summed E-state index contributed by atoms with van der Waals surface area (Å²) in [5.41, 5.74) is 1.68. The maximum atomic E-state index is 13.4. The topological polar surface area (TPSA) is 68.0 Å². The molecular weight excluding hydrogens is 248 g/mol. The molecule has 0 aliphatic rings. The van der Waals surface area contributed by atoms with Crippen molar-refractivity contribution in [2.24, 2.45) is 5.84 Å². The highest BCUT2D eigenvalue weighted by Gasteiger charge is 2.16. The van der Waals surface area contributed by atoms with Crippen LogP contribution in [0.3, 0.4) is 0 Å². The number of nitrogen functional groups attached to an aromatic ring is 1. The molecule has 1 aromatic heterocycles. The molecule has 0 saturated heterocycles. The van der Waals surface area contributed by atoms with Crippen LogP contribution in [0.5, 0.6) is 0 Å². The number of hydrogen-bond acceptors (Lipinski definition) is 4. The average molecular weight is 255 g/mol. The van der Waals surface area contributed by atoms with E-state index in [-0.39, 0.29) is 15.4 Å². The Kier molecular flexibility index (Phi) is 3.12. The van der Waals surface area contributed by atoms with Gasteiger partial charge in [-0.1, -0.05) is 6.07 Å². The van der Waals surface area contributed by atoms with Crippen LogP contribution in [0.4, 0.5) is 8.78 Å². The van der Waals surface area contributed by atoms with Crippen LogP contribution in [0.15, 0.2) is 24.4 Å². The highest BCUT2D eigenvalue weighted by Crippen LogP contribution is 2.29. The van der Waals surface area contributed by atoms with Gasteiger partial charge in [0, 0.05) is 0 Å². The van der Waals surface area contributed by atoms with Gasteiger partial charge < -0.3 is 0 Å². The van der Waals surface area contributed by atoms with E-state index in [1.165, 1.54) is 12.3 Å². The number of halogens is 2. The van der Waals surface area contributed by atoms with E-state index in [9.17, 15) is 13.6 Å². The second kappa shape index (κ2) is 4.56. The number of carbonyl (C=O) groups is 1. The van der Waals surface area contributed by atoms with Gasteiger partial charge in [0.25, 0.3) is 5.91 Å². The number of aromatic nitrogens is 1. The number of thiazole rings is 1. The molecule has 3 N–H and O–H groups in total. The summed E-state index contributed by atoms with van der Waals surface area (Å²) >= 11 is 0.864. The molecule has 0 bridgehead atoms. The fourth-order valence-electron chi connectivity index (χ4n) is 1.27. The Hall–Kier alpha value is -1.86. The number of amides is 1. The molecule has 7 heteroatoms. The molecule has 0 radical (unpaired) electrons. The molecule has 88 valence electrons. The number of nitrogens with one attached hydrogen (secondary N) is 1. The molecule has 4 nitrogen and oxygen atoms in total. The van der Waals surface area contributed by atoms with Crippen LogP contribution in [-0.4, -0.2) is 10.9 Å². The molecule has 2 rings (SSSR count). The monoisotopic (exact) mass is 255 g/mol. The van der Waals surface area contributed by atoms with Crippen LogP contribution >= 0.6 is 11.3 Å². The molecule has 0 fully saturated rings. The fraction of sp³-hybridized carbons (Fsp3) is 0. The Morgan fingerprint density at radius 1 is 1.35 bits per heavy atom. The Morgan fingerprint density at radius 3 is 2.59 bits per heavy atom. The van der Waals surface area contributed by atoms with E-state index in [1.807, 2.05) is 5.43 Å². The summed E-state index contributed by atoms with van der Waals surface area (Å²) in [7, 11) is 0. The van der Waals surface area contributed by atoms with Crippen molar-refractivity contribution in [3.8, 4) is 10.6 Å². The summed E-state index contributed by atoms with van der Waals surface area (Å²) in [6.07, 6.45) is 1.22. The smallest absolute Gasteiger partial charge is 0.276 e. The molecule has 0 aliphatic heterocycles. The minimum atomic E-state index is -0.723. The van der Waals surface area contributed by atoms with Crippen LogP contribution < -0.4 is 11.3 Å². The second-order valence-electron chi connectivity index (χ2n) is 3.10. The van der Waals surface area contributed by atoms with Crippen LogP contribution in [-0.2, 0) is 0 Å². The van der Waals surface area contributed by atoms with Crippen molar-refractivity contribution >= 4 is 17.2 Å². The molecule has 0 aliphatic carbocycles. The molecule has 2 aromatic rings. The average Bonchev–Trinajstić information content (AvgIpc) is 2.77. The first-order valence-corrected chi connectivity index (χ1v) is 5.36.